The molecule has 0 aliphatic carbocycles. The lowest BCUT2D eigenvalue weighted by Gasteiger charge is -2.24. The standard InChI is InChI=1S/C20H20N4O/c1-3-25-17-11-9-15(10-12-17)18-13-19(16-7-5-4-6-8-16)24-20(22-18)21-14(2)23-24/h4-13,19H,3H2,1-2H3,(H,21,22,23)/t19-/m0/s1. The molecule has 0 saturated carbocycles. The quantitative estimate of drug-likeness (QED) is 0.783. The van der Waals surface area contributed by atoms with Gasteiger partial charge in [-0.1, -0.05) is 30.3 Å². The average molecular weight is 332 g/mol. The van der Waals surface area contributed by atoms with Crippen molar-refractivity contribution in [3.8, 4) is 5.75 Å². The molecule has 0 spiro atoms. The number of anilines is 1. The first kappa shape index (κ1) is 15.4. The lowest BCUT2D eigenvalue weighted by atomic mass is 10.0. The summed E-state index contributed by atoms with van der Waals surface area (Å²) in [5.41, 5.74) is 3.30. The van der Waals surface area contributed by atoms with Gasteiger partial charge in [-0.15, -0.1) is 0 Å². The molecule has 1 aromatic heterocycles. The van der Waals surface area contributed by atoms with E-state index in [0.29, 0.717) is 6.61 Å². The zero-order valence-electron chi connectivity index (χ0n) is 14.3. The number of ether oxygens (including phenoxy) is 1. The number of hydrogen-bond donors (Lipinski definition) is 1. The van der Waals surface area contributed by atoms with Gasteiger partial charge in [0, 0.05) is 5.70 Å². The molecule has 1 aliphatic heterocycles. The van der Waals surface area contributed by atoms with E-state index in [1.165, 1.54) is 5.56 Å². The van der Waals surface area contributed by atoms with Gasteiger partial charge in [0.15, 0.2) is 0 Å². The molecule has 0 saturated heterocycles. The van der Waals surface area contributed by atoms with Crippen LogP contribution in [0.4, 0.5) is 5.95 Å². The predicted octanol–water partition coefficient (Wildman–Crippen LogP) is 4.04. The summed E-state index contributed by atoms with van der Waals surface area (Å²) in [7, 11) is 0. The number of aryl methyl sites for hydroxylation is 1. The highest BCUT2D eigenvalue weighted by Crippen LogP contribution is 2.32. The highest BCUT2D eigenvalue weighted by Gasteiger charge is 2.24. The van der Waals surface area contributed by atoms with E-state index < -0.39 is 0 Å². The fourth-order valence-corrected chi connectivity index (χ4v) is 3.05. The van der Waals surface area contributed by atoms with E-state index in [0.717, 1.165) is 28.8 Å². The van der Waals surface area contributed by atoms with Crippen LogP contribution in [-0.2, 0) is 0 Å². The number of aromatic nitrogens is 3. The smallest absolute Gasteiger partial charge is 0.226 e. The molecule has 4 rings (SSSR count). The lowest BCUT2D eigenvalue weighted by Crippen LogP contribution is -2.20. The van der Waals surface area contributed by atoms with Gasteiger partial charge in [0.05, 0.1) is 6.61 Å². The maximum atomic E-state index is 5.53. The zero-order valence-corrected chi connectivity index (χ0v) is 14.3. The molecule has 5 heteroatoms. The maximum Gasteiger partial charge on any atom is 0.226 e. The third-order valence-electron chi connectivity index (χ3n) is 4.19. The number of fused-ring (bicyclic) bond motifs is 1. The van der Waals surface area contributed by atoms with Crippen molar-refractivity contribution in [1.29, 1.82) is 0 Å². The topological polar surface area (TPSA) is 52.0 Å². The molecule has 0 fully saturated rings. The molecule has 0 amide bonds. The first-order chi connectivity index (χ1) is 12.2. The summed E-state index contributed by atoms with van der Waals surface area (Å²) in [6.07, 6.45) is 2.19. The Hall–Kier alpha value is -3.08. The van der Waals surface area contributed by atoms with Gasteiger partial charge >= 0.3 is 0 Å². The lowest BCUT2D eigenvalue weighted by molar-refractivity contribution is 0.340. The SMILES string of the molecule is CCOc1ccc(C2=C[C@@H](c3ccccc3)n3nc(C)nc3N2)cc1. The largest absolute Gasteiger partial charge is 0.494 e. The normalized spacial score (nSPS) is 15.9. The maximum absolute atomic E-state index is 5.53. The van der Waals surface area contributed by atoms with Crippen LogP contribution < -0.4 is 10.1 Å². The summed E-state index contributed by atoms with van der Waals surface area (Å²) < 4.78 is 7.47. The summed E-state index contributed by atoms with van der Waals surface area (Å²) in [5.74, 6) is 2.39. The van der Waals surface area contributed by atoms with Crippen LogP contribution in [0.25, 0.3) is 5.70 Å². The minimum Gasteiger partial charge on any atom is -0.494 e. The van der Waals surface area contributed by atoms with Crippen LogP contribution in [0.5, 0.6) is 5.75 Å². The Morgan fingerprint density at radius 1 is 1.08 bits per heavy atom. The average Bonchev–Trinajstić information content (AvgIpc) is 3.02. The van der Waals surface area contributed by atoms with Crippen molar-refractivity contribution >= 4 is 11.6 Å². The van der Waals surface area contributed by atoms with Crippen LogP contribution in [-0.4, -0.2) is 21.4 Å². The Kier molecular flexibility index (Phi) is 3.98. The molecular weight excluding hydrogens is 312 g/mol. The highest BCUT2D eigenvalue weighted by molar-refractivity contribution is 5.77. The van der Waals surface area contributed by atoms with Gasteiger partial charge in [-0.25, -0.2) is 4.68 Å². The van der Waals surface area contributed by atoms with Gasteiger partial charge in [-0.3, -0.25) is 0 Å². The van der Waals surface area contributed by atoms with Crippen molar-refractivity contribution in [2.75, 3.05) is 11.9 Å². The molecule has 0 radical (unpaired) electrons. The monoisotopic (exact) mass is 332 g/mol. The molecule has 2 aromatic carbocycles. The molecule has 0 unspecified atom stereocenters. The molecular formula is C20H20N4O. The second kappa shape index (κ2) is 6.43. The third-order valence-corrected chi connectivity index (χ3v) is 4.19. The minimum atomic E-state index is 0.0141. The molecule has 3 aromatic rings. The van der Waals surface area contributed by atoms with Crippen molar-refractivity contribution in [3.63, 3.8) is 0 Å². The van der Waals surface area contributed by atoms with E-state index in [9.17, 15) is 0 Å². The van der Waals surface area contributed by atoms with Gasteiger partial charge in [-0.2, -0.15) is 10.1 Å². The summed E-state index contributed by atoms with van der Waals surface area (Å²) in [6.45, 7) is 4.56. The van der Waals surface area contributed by atoms with Crippen molar-refractivity contribution in [2.24, 2.45) is 0 Å². The van der Waals surface area contributed by atoms with Gasteiger partial charge in [0.2, 0.25) is 5.95 Å². The summed E-state index contributed by atoms with van der Waals surface area (Å²) in [5, 5.41) is 7.95. The molecule has 2 heterocycles. The van der Waals surface area contributed by atoms with E-state index in [2.05, 4.69) is 45.7 Å². The second-order valence-corrected chi connectivity index (χ2v) is 5.95. The van der Waals surface area contributed by atoms with E-state index >= 15 is 0 Å². The number of rotatable bonds is 4. The molecule has 1 atom stereocenters. The summed E-state index contributed by atoms with van der Waals surface area (Å²) in [4.78, 5) is 4.52. The Bertz CT molecular complexity index is 897. The molecule has 25 heavy (non-hydrogen) atoms. The zero-order chi connectivity index (χ0) is 17.2. The van der Waals surface area contributed by atoms with Gasteiger partial charge in [0.1, 0.15) is 17.6 Å². The molecule has 1 N–H and O–H groups in total. The predicted molar refractivity (Wildman–Crippen MR) is 98.6 cm³/mol. The molecule has 126 valence electrons. The minimum absolute atomic E-state index is 0.0141. The second-order valence-electron chi connectivity index (χ2n) is 5.95. The Morgan fingerprint density at radius 2 is 1.84 bits per heavy atom. The van der Waals surface area contributed by atoms with Crippen LogP contribution in [0.1, 0.15) is 29.9 Å². The van der Waals surface area contributed by atoms with E-state index in [4.69, 9.17) is 4.74 Å². The van der Waals surface area contributed by atoms with E-state index in [-0.39, 0.29) is 6.04 Å². The molecule has 5 nitrogen and oxygen atoms in total. The highest BCUT2D eigenvalue weighted by atomic mass is 16.5. The van der Waals surface area contributed by atoms with E-state index in [1.807, 2.05) is 48.9 Å². The van der Waals surface area contributed by atoms with Crippen molar-refractivity contribution in [1.82, 2.24) is 14.8 Å². The summed E-state index contributed by atoms with van der Waals surface area (Å²) >= 11 is 0. The van der Waals surface area contributed by atoms with Gasteiger partial charge in [-0.05, 0) is 55.3 Å². The number of nitrogens with zero attached hydrogens (tertiary/aromatic N) is 3. The fraction of sp³-hybridized carbons (Fsp3) is 0.200. The van der Waals surface area contributed by atoms with Crippen LogP contribution in [0.15, 0.2) is 60.7 Å². The van der Waals surface area contributed by atoms with Gasteiger partial charge < -0.3 is 10.1 Å². The van der Waals surface area contributed by atoms with Crippen LogP contribution in [0.2, 0.25) is 0 Å². The summed E-state index contributed by atoms with van der Waals surface area (Å²) in [6, 6.07) is 18.5. The van der Waals surface area contributed by atoms with Gasteiger partial charge in [0.25, 0.3) is 0 Å². The van der Waals surface area contributed by atoms with Crippen LogP contribution in [0, 0.1) is 6.92 Å². The first-order valence-electron chi connectivity index (χ1n) is 8.45. The number of hydrogen-bond acceptors (Lipinski definition) is 4. The Morgan fingerprint density at radius 3 is 2.56 bits per heavy atom. The van der Waals surface area contributed by atoms with E-state index in [1.54, 1.807) is 0 Å². The van der Waals surface area contributed by atoms with Crippen molar-refractivity contribution in [3.05, 3.63) is 77.6 Å². The number of benzene rings is 2. The third kappa shape index (κ3) is 3.01. The Labute approximate surface area is 147 Å². The number of allylic oxidation sites excluding steroid dienone is 1. The number of nitrogens with one attached hydrogen (secondary N) is 1. The van der Waals surface area contributed by atoms with Crippen molar-refractivity contribution in [2.45, 2.75) is 19.9 Å². The van der Waals surface area contributed by atoms with Crippen LogP contribution >= 0.6 is 0 Å². The van der Waals surface area contributed by atoms with Crippen LogP contribution in [0.3, 0.4) is 0 Å². The Balaban J connectivity index is 1.74. The molecule has 1 aliphatic rings. The molecule has 0 bridgehead atoms. The van der Waals surface area contributed by atoms with Crippen molar-refractivity contribution < 1.29 is 4.74 Å². The fourth-order valence-electron chi connectivity index (χ4n) is 3.05. The first-order valence-corrected chi connectivity index (χ1v) is 8.45.